The SMILES string of the molecule is CCC(CC)(CC(=O)Nc1cccc(C=Cc2nc(C3CC3)cs2)c1)C(=O)O. The van der Waals surface area contributed by atoms with E-state index in [2.05, 4.69) is 15.7 Å². The summed E-state index contributed by atoms with van der Waals surface area (Å²) in [7, 11) is 0. The van der Waals surface area contributed by atoms with Crippen molar-refractivity contribution in [1.82, 2.24) is 4.98 Å². The fourth-order valence-corrected chi connectivity index (χ4v) is 4.01. The van der Waals surface area contributed by atoms with Crippen LogP contribution in [-0.4, -0.2) is 22.0 Å². The minimum Gasteiger partial charge on any atom is -0.481 e. The quantitative estimate of drug-likeness (QED) is 0.592. The Labute approximate surface area is 169 Å². The van der Waals surface area contributed by atoms with Crippen molar-refractivity contribution in [2.24, 2.45) is 5.41 Å². The van der Waals surface area contributed by atoms with Crippen molar-refractivity contribution in [1.29, 1.82) is 0 Å². The summed E-state index contributed by atoms with van der Waals surface area (Å²) in [4.78, 5) is 28.7. The second-order valence-corrected chi connectivity index (χ2v) is 8.25. The Morgan fingerprint density at radius 2 is 2.04 bits per heavy atom. The maximum atomic E-state index is 12.4. The van der Waals surface area contributed by atoms with Crippen LogP contribution in [0, 0.1) is 5.41 Å². The zero-order chi connectivity index (χ0) is 20.1. The van der Waals surface area contributed by atoms with Crippen molar-refractivity contribution in [3.05, 3.63) is 45.9 Å². The summed E-state index contributed by atoms with van der Waals surface area (Å²) in [5.74, 6) is -0.541. The highest BCUT2D eigenvalue weighted by atomic mass is 32.1. The Kier molecular flexibility index (Phi) is 6.29. The molecule has 6 heteroatoms. The van der Waals surface area contributed by atoms with Crippen LogP contribution in [0.3, 0.4) is 0 Å². The van der Waals surface area contributed by atoms with Crippen LogP contribution in [0.1, 0.15) is 68.1 Å². The van der Waals surface area contributed by atoms with Crippen LogP contribution in [0.4, 0.5) is 5.69 Å². The van der Waals surface area contributed by atoms with E-state index in [9.17, 15) is 14.7 Å². The van der Waals surface area contributed by atoms with E-state index in [0.29, 0.717) is 24.4 Å². The molecule has 1 aromatic heterocycles. The monoisotopic (exact) mass is 398 g/mol. The summed E-state index contributed by atoms with van der Waals surface area (Å²) in [5, 5.41) is 15.5. The number of amides is 1. The molecule has 148 valence electrons. The number of carbonyl (C=O) groups excluding carboxylic acids is 1. The summed E-state index contributed by atoms with van der Waals surface area (Å²) >= 11 is 1.64. The van der Waals surface area contributed by atoms with Gasteiger partial charge in [0.15, 0.2) is 0 Å². The standard InChI is InChI=1S/C22H26N2O3S/c1-3-22(4-2,21(26)27)13-19(25)23-17-7-5-6-15(12-17)8-11-20-24-18(14-28-20)16-9-10-16/h5-8,11-12,14,16H,3-4,9-10,13H2,1-2H3,(H,23,25)(H,26,27). The highest BCUT2D eigenvalue weighted by Crippen LogP contribution is 2.40. The fourth-order valence-electron chi connectivity index (χ4n) is 3.22. The predicted molar refractivity (Wildman–Crippen MR) is 113 cm³/mol. The van der Waals surface area contributed by atoms with E-state index < -0.39 is 11.4 Å². The van der Waals surface area contributed by atoms with Crippen molar-refractivity contribution >= 4 is 41.1 Å². The van der Waals surface area contributed by atoms with Crippen LogP contribution < -0.4 is 5.32 Å². The number of carboxylic acids is 1. The van der Waals surface area contributed by atoms with Crippen LogP contribution in [0.5, 0.6) is 0 Å². The summed E-state index contributed by atoms with van der Waals surface area (Å²) in [6.07, 6.45) is 7.27. The number of hydrogen-bond donors (Lipinski definition) is 2. The molecule has 0 spiro atoms. The lowest BCUT2D eigenvalue weighted by atomic mass is 9.79. The van der Waals surface area contributed by atoms with Gasteiger partial charge in [0, 0.05) is 23.4 Å². The normalized spacial score (nSPS) is 14.4. The van der Waals surface area contributed by atoms with Gasteiger partial charge in [-0.3, -0.25) is 9.59 Å². The Bertz CT molecular complexity index is 879. The van der Waals surface area contributed by atoms with Crippen molar-refractivity contribution in [2.75, 3.05) is 5.32 Å². The van der Waals surface area contributed by atoms with E-state index in [1.54, 1.807) is 11.3 Å². The van der Waals surface area contributed by atoms with Crippen molar-refractivity contribution in [3.63, 3.8) is 0 Å². The van der Waals surface area contributed by atoms with Crippen molar-refractivity contribution in [2.45, 2.75) is 51.9 Å². The molecule has 3 rings (SSSR count). The van der Waals surface area contributed by atoms with Crippen molar-refractivity contribution in [3.8, 4) is 0 Å². The number of carboxylic acid groups (broad SMARTS) is 1. The Morgan fingerprint density at radius 1 is 1.29 bits per heavy atom. The average molecular weight is 399 g/mol. The highest BCUT2D eigenvalue weighted by molar-refractivity contribution is 7.10. The topological polar surface area (TPSA) is 79.3 Å². The Balaban J connectivity index is 1.64. The summed E-state index contributed by atoms with van der Waals surface area (Å²) < 4.78 is 0. The first kappa shape index (κ1) is 20.3. The zero-order valence-corrected chi connectivity index (χ0v) is 17.1. The molecule has 5 nitrogen and oxygen atoms in total. The molecule has 1 aliphatic carbocycles. The number of rotatable bonds is 9. The number of benzene rings is 1. The second kappa shape index (κ2) is 8.69. The van der Waals surface area contributed by atoms with Crippen molar-refractivity contribution < 1.29 is 14.7 Å². The highest BCUT2D eigenvalue weighted by Gasteiger charge is 2.37. The molecule has 1 amide bonds. The van der Waals surface area contributed by atoms with Crippen LogP contribution in [0.2, 0.25) is 0 Å². The van der Waals surface area contributed by atoms with E-state index in [1.165, 1.54) is 18.5 Å². The van der Waals surface area contributed by atoms with Crippen LogP contribution in [0.25, 0.3) is 12.2 Å². The Morgan fingerprint density at radius 3 is 2.68 bits per heavy atom. The molecule has 0 saturated heterocycles. The third kappa shape index (κ3) is 4.87. The molecule has 0 radical (unpaired) electrons. The number of nitrogens with zero attached hydrogens (tertiary/aromatic N) is 1. The number of nitrogens with one attached hydrogen (secondary N) is 1. The minimum absolute atomic E-state index is 0.0293. The largest absolute Gasteiger partial charge is 0.481 e. The first-order chi connectivity index (χ1) is 13.5. The van der Waals surface area contributed by atoms with Gasteiger partial charge in [-0.15, -0.1) is 11.3 Å². The molecule has 0 atom stereocenters. The van der Waals surface area contributed by atoms with Gasteiger partial charge in [0.05, 0.1) is 11.1 Å². The van der Waals surface area contributed by atoms with Gasteiger partial charge in [-0.05, 0) is 49.5 Å². The molecule has 1 saturated carbocycles. The third-order valence-corrected chi connectivity index (χ3v) is 6.26. The van der Waals surface area contributed by atoms with E-state index >= 15 is 0 Å². The second-order valence-electron chi connectivity index (χ2n) is 7.36. The molecule has 0 aliphatic heterocycles. The number of carbonyl (C=O) groups is 2. The molecule has 1 aromatic carbocycles. The van der Waals surface area contributed by atoms with Gasteiger partial charge in [-0.2, -0.15) is 0 Å². The van der Waals surface area contributed by atoms with E-state index in [0.717, 1.165) is 10.6 Å². The molecule has 1 heterocycles. The van der Waals surface area contributed by atoms with Gasteiger partial charge in [-0.25, -0.2) is 4.98 Å². The minimum atomic E-state index is -1.01. The molecule has 2 N–H and O–H groups in total. The van der Waals surface area contributed by atoms with Crippen LogP contribution >= 0.6 is 11.3 Å². The molecular formula is C22H26N2O3S. The maximum Gasteiger partial charge on any atom is 0.310 e. The lowest BCUT2D eigenvalue weighted by molar-refractivity contribution is -0.151. The predicted octanol–water partition coefficient (Wildman–Crippen LogP) is 5.41. The first-order valence-corrected chi connectivity index (χ1v) is 10.6. The lowest BCUT2D eigenvalue weighted by Gasteiger charge is -2.25. The third-order valence-electron chi connectivity index (χ3n) is 5.43. The average Bonchev–Trinajstić information content (AvgIpc) is 3.43. The fraction of sp³-hybridized carbons (Fsp3) is 0.409. The zero-order valence-electron chi connectivity index (χ0n) is 16.3. The van der Waals surface area contributed by atoms with Gasteiger partial charge in [-0.1, -0.05) is 32.1 Å². The summed E-state index contributed by atoms with van der Waals surface area (Å²) in [6, 6.07) is 7.52. The summed E-state index contributed by atoms with van der Waals surface area (Å²) in [5.41, 5.74) is 1.80. The van der Waals surface area contributed by atoms with E-state index in [4.69, 9.17) is 0 Å². The maximum absolute atomic E-state index is 12.4. The number of anilines is 1. The van der Waals surface area contributed by atoms with Gasteiger partial charge < -0.3 is 10.4 Å². The molecule has 1 aliphatic rings. The molecule has 0 bridgehead atoms. The van der Waals surface area contributed by atoms with E-state index in [-0.39, 0.29) is 12.3 Å². The number of thiazole rings is 1. The summed E-state index contributed by atoms with van der Waals surface area (Å²) in [6.45, 7) is 3.62. The van der Waals surface area contributed by atoms with Crippen LogP contribution in [-0.2, 0) is 9.59 Å². The number of aromatic nitrogens is 1. The molecule has 0 unspecified atom stereocenters. The molecule has 2 aromatic rings. The number of hydrogen-bond acceptors (Lipinski definition) is 4. The Hall–Kier alpha value is -2.47. The van der Waals surface area contributed by atoms with Gasteiger partial charge in [0.2, 0.25) is 5.91 Å². The molecule has 1 fully saturated rings. The molecule has 28 heavy (non-hydrogen) atoms. The number of aliphatic carboxylic acids is 1. The first-order valence-electron chi connectivity index (χ1n) is 9.72. The van der Waals surface area contributed by atoms with Gasteiger partial charge in [0.25, 0.3) is 0 Å². The molecular weight excluding hydrogens is 372 g/mol. The lowest BCUT2D eigenvalue weighted by Crippen LogP contribution is -2.34. The van der Waals surface area contributed by atoms with E-state index in [1.807, 2.05) is 50.3 Å². The van der Waals surface area contributed by atoms with Gasteiger partial charge in [0.1, 0.15) is 5.01 Å². The van der Waals surface area contributed by atoms with Gasteiger partial charge >= 0.3 is 5.97 Å². The smallest absolute Gasteiger partial charge is 0.310 e. The van der Waals surface area contributed by atoms with Crippen LogP contribution in [0.15, 0.2) is 29.6 Å².